The van der Waals surface area contributed by atoms with Crippen molar-refractivity contribution in [3.05, 3.63) is 89.9 Å². The van der Waals surface area contributed by atoms with Crippen LogP contribution in [0, 0.1) is 0 Å². The Morgan fingerprint density at radius 3 is 2.35 bits per heavy atom. The van der Waals surface area contributed by atoms with Crippen molar-refractivity contribution in [2.45, 2.75) is 51.1 Å². The molecule has 0 amide bonds. The average Bonchev–Trinajstić information content (AvgIpc) is 3.42. The Bertz CT molecular complexity index is 1190. The molecule has 1 atom stereocenters. The van der Waals surface area contributed by atoms with E-state index < -0.39 is 0 Å². The van der Waals surface area contributed by atoms with Gasteiger partial charge in [0.2, 0.25) is 5.89 Å². The second kappa shape index (κ2) is 7.12. The van der Waals surface area contributed by atoms with Gasteiger partial charge < -0.3 is 14.3 Å². The van der Waals surface area contributed by atoms with Gasteiger partial charge in [-0.25, -0.2) is 0 Å². The zero-order valence-corrected chi connectivity index (χ0v) is 18.5. The third kappa shape index (κ3) is 3.34. The number of nitrogens with zero attached hydrogens (tertiary/aromatic N) is 3. The van der Waals surface area contributed by atoms with E-state index in [9.17, 15) is 0 Å². The smallest absolute Gasteiger partial charge is 0.251 e. The molecular formula is C26H28N4O. The summed E-state index contributed by atoms with van der Waals surface area (Å²) in [6.45, 7) is 8.77. The molecule has 4 aromatic rings. The molecule has 2 aromatic heterocycles. The van der Waals surface area contributed by atoms with E-state index in [1.807, 2.05) is 18.2 Å². The minimum Gasteiger partial charge on any atom is -0.420 e. The largest absolute Gasteiger partial charge is 0.420 e. The summed E-state index contributed by atoms with van der Waals surface area (Å²) in [4.78, 5) is 0. The van der Waals surface area contributed by atoms with Crippen LogP contribution in [0.3, 0.4) is 0 Å². The number of benzene rings is 2. The van der Waals surface area contributed by atoms with Crippen molar-refractivity contribution in [1.29, 1.82) is 0 Å². The maximum absolute atomic E-state index is 6.25. The summed E-state index contributed by atoms with van der Waals surface area (Å²) < 4.78 is 8.53. The van der Waals surface area contributed by atoms with Crippen molar-refractivity contribution in [2.75, 3.05) is 5.32 Å². The zero-order chi connectivity index (χ0) is 21.6. The molecule has 31 heavy (non-hydrogen) atoms. The highest BCUT2D eigenvalue weighted by Crippen LogP contribution is 2.44. The number of hydrogen-bond donors (Lipinski definition) is 1. The molecule has 0 bridgehead atoms. The fraction of sp³-hybridized carbons (Fsp3) is 0.308. The van der Waals surface area contributed by atoms with E-state index in [0.29, 0.717) is 11.8 Å². The first-order valence-electron chi connectivity index (χ1n) is 10.8. The Morgan fingerprint density at radius 2 is 1.65 bits per heavy atom. The lowest BCUT2D eigenvalue weighted by Crippen LogP contribution is -2.36. The average molecular weight is 413 g/mol. The minimum absolute atomic E-state index is 0.0362. The molecule has 0 aliphatic carbocycles. The number of rotatable bonds is 4. The predicted molar refractivity (Wildman–Crippen MR) is 123 cm³/mol. The summed E-state index contributed by atoms with van der Waals surface area (Å²) in [5, 5.41) is 12.6. The molecule has 5 nitrogen and oxygen atoms in total. The molecule has 5 rings (SSSR count). The van der Waals surface area contributed by atoms with Crippen molar-refractivity contribution in [3.8, 4) is 11.5 Å². The third-order valence-corrected chi connectivity index (χ3v) is 6.44. The maximum Gasteiger partial charge on any atom is 0.251 e. The Kier molecular flexibility index (Phi) is 4.50. The molecule has 1 aliphatic rings. The lowest BCUT2D eigenvalue weighted by atomic mass is 9.85. The van der Waals surface area contributed by atoms with Gasteiger partial charge in [0, 0.05) is 11.7 Å². The van der Waals surface area contributed by atoms with Crippen LogP contribution in [-0.2, 0) is 11.0 Å². The standard InChI is InChI=1S/C26H28N4O/c1-25(2)17-21(18-11-7-5-8-12-18)27-22-20(15-16-30(22)25)23-28-29-24(31-23)26(3,4)19-13-9-6-10-14-19/h5-16,21,27H,17H2,1-4H3. The number of hydrogen-bond acceptors (Lipinski definition) is 4. The molecule has 1 aliphatic heterocycles. The fourth-order valence-electron chi connectivity index (χ4n) is 4.52. The molecular weight excluding hydrogens is 384 g/mol. The van der Waals surface area contributed by atoms with E-state index in [0.717, 1.165) is 23.4 Å². The van der Waals surface area contributed by atoms with Crippen molar-refractivity contribution < 1.29 is 4.42 Å². The highest BCUT2D eigenvalue weighted by Gasteiger charge is 2.36. The Labute approximate surface area is 183 Å². The van der Waals surface area contributed by atoms with Crippen LogP contribution in [0.2, 0.25) is 0 Å². The van der Waals surface area contributed by atoms with Gasteiger partial charge >= 0.3 is 0 Å². The van der Waals surface area contributed by atoms with Crippen LogP contribution in [0.15, 0.2) is 77.3 Å². The molecule has 2 aromatic carbocycles. The van der Waals surface area contributed by atoms with Crippen molar-refractivity contribution in [3.63, 3.8) is 0 Å². The Morgan fingerprint density at radius 1 is 0.968 bits per heavy atom. The number of aromatic nitrogens is 3. The SMILES string of the molecule is CC(C)(c1ccccc1)c1nnc(-c2ccn3c2NC(c2ccccc2)CC3(C)C)o1. The second-order valence-corrected chi connectivity index (χ2v) is 9.48. The number of nitrogens with one attached hydrogen (secondary N) is 1. The van der Waals surface area contributed by atoms with Gasteiger partial charge in [0.25, 0.3) is 5.89 Å². The lowest BCUT2D eigenvalue weighted by molar-refractivity contribution is 0.292. The van der Waals surface area contributed by atoms with Crippen LogP contribution in [0.25, 0.3) is 11.5 Å². The zero-order valence-electron chi connectivity index (χ0n) is 18.5. The normalized spacial score (nSPS) is 17.7. The molecule has 5 heteroatoms. The Balaban J connectivity index is 1.52. The van der Waals surface area contributed by atoms with Crippen molar-refractivity contribution in [2.24, 2.45) is 0 Å². The van der Waals surface area contributed by atoms with Gasteiger partial charge in [0.1, 0.15) is 5.82 Å². The first kappa shape index (κ1) is 19.6. The Hall–Kier alpha value is -3.34. The molecule has 0 spiro atoms. The van der Waals surface area contributed by atoms with Crippen LogP contribution >= 0.6 is 0 Å². The molecule has 0 saturated carbocycles. The maximum atomic E-state index is 6.25. The van der Waals surface area contributed by atoms with E-state index in [4.69, 9.17) is 4.42 Å². The van der Waals surface area contributed by atoms with Gasteiger partial charge in [-0.3, -0.25) is 0 Å². The van der Waals surface area contributed by atoms with Crippen molar-refractivity contribution in [1.82, 2.24) is 14.8 Å². The van der Waals surface area contributed by atoms with Crippen molar-refractivity contribution >= 4 is 5.82 Å². The summed E-state index contributed by atoms with van der Waals surface area (Å²) in [6, 6.07) is 23.2. The van der Waals surface area contributed by atoms with Gasteiger partial charge in [-0.05, 0) is 51.3 Å². The summed E-state index contributed by atoms with van der Waals surface area (Å²) in [5.41, 5.74) is 2.96. The first-order valence-corrected chi connectivity index (χ1v) is 10.8. The van der Waals surface area contributed by atoms with Crippen LogP contribution in [0.4, 0.5) is 5.82 Å². The molecule has 0 saturated heterocycles. The van der Waals surface area contributed by atoms with E-state index in [1.54, 1.807) is 0 Å². The van der Waals surface area contributed by atoms with Gasteiger partial charge in [-0.1, -0.05) is 60.7 Å². The highest BCUT2D eigenvalue weighted by atomic mass is 16.4. The minimum atomic E-state index is -0.369. The molecule has 158 valence electrons. The van der Waals surface area contributed by atoms with Gasteiger partial charge in [0.15, 0.2) is 0 Å². The van der Waals surface area contributed by atoms with E-state index in [1.165, 1.54) is 5.56 Å². The number of fused-ring (bicyclic) bond motifs is 1. The fourth-order valence-corrected chi connectivity index (χ4v) is 4.52. The van der Waals surface area contributed by atoms with Crippen LogP contribution < -0.4 is 5.32 Å². The molecule has 1 N–H and O–H groups in total. The van der Waals surface area contributed by atoms with Crippen LogP contribution in [0.1, 0.15) is 57.2 Å². The topological polar surface area (TPSA) is 55.9 Å². The first-order chi connectivity index (χ1) is 14.9. The monoisotopic (exact) mass is 412 g/mol. The molecule has 0 fully saturated rings. The third-order valence-electron chi connectivity index (χ3n) is 6.44. The molecule has 3 heterocycles. The summed E-state index contributed by atoms with van der Waals surface area (Å²) in [6.07, 6.45) is 3.11. The van der Waals surface area contributed by atoms with Crippen LogP contribution in [0.5, 0.6) is 0 Å². The summed E-state index contributed by atoms with van der Waals surface area (Å²) >= 11 is 0. The quantitative estimate of drug-likeness (QED) is 0.436. The number of anilines is 1. The molecule has 0 radical (unpaired) electrons. The predicted octanol–water partition coefficient (Wildman–Crippen LogP) is 6.16. The highest BCUT2D eigenvalue weighted by molar-refractivity contribution is 5.72. The van der Waals surface area contributed by atoms with Gasteiger partial charge in [0.05, 0.1) is 17.0 Å². The molecule has 1 unspecified atom stereocenters. The van der Waals surface area contributed by atoms with E-state index >= 15 is 0 Å². The summed E-state index contributed by atoms with van der Waals surface area (Å²) in [7, 11) is 0. The van der Waals surface area contributed by atoms with Gasteiger partial charge in [-0.15, -0.1) is 10.2 Å². The lowest BCUT2D eigenvalue weighted by Gasteiger charge is -2.39. The van der Waals surface area contributed by atoms with Gasteiger partial charge in [-0.2, -0.15) is 0 Å². The van der Waals surface area contributed by atoms with Crippen LogP contribution in [-0.4, -0.2) is 14.8 Å². The second-order valence-electron chi connectivity index (χ2n) is 9.48. The van der Waals surface area contributed by atoms with E-state index in [-0.39, 0.29) is 17.0 Å². The van der Waals surface area contributed by atoms with E-state index in [2.05, 4.69) is 103 Å². The summed E-state index contributed by atoms with van der Waals surface area (Å²) in [5.74, 6) is 2.19.